The van der Waals surface area contributed by atoms with Crippen molar-refractivity contribution in [1.82, 2.24) is 20.1 Å². The van der Waals surface area contributed by atoms with Gasteiger partial charge in [0.25, 0.3) is 5.91 Å². The lowest BCUT2D eigenvalue weighted by molar-refractivity contribution is -0.120. The van der Waals surface area contributed by atoms with E-state index in [1.54, 1.807) is 6.20 Å². The Morgan fingerprint density at radius 2 is 1.95 bits per heavy atom. The summed E-state index contributed by atoms with van der Waals surface area (Å²) in [6.45, 7) is 9.54. The van der Waals surface area contributed by atoms with Gasteiger partial charge in [-0.15, -0.1) is 0 Å². The average molecular weight is 560 g/mol. The lowest BCUT2D eigenvalue weighted by atomic mass is 9.88. The van der Waals surface area contributed by atoms with E-state index in [2.05, 4.69) is 36.0 Å². The number of carbonyl (C=O) groups excluding carboxylic acids is 2. The zero-order valence-electron chi connectivity index (χ0n) is 23.7. The summed E-state index contributed by atoms with van der Waals surface area (Å²) < 4.78 is 27.8. The molecule has 1 aromatic heterocycles. The lowest BCUT2D eigenvalue weighted by Gasteiger charge is -2.41. The summed E-state index contributed by atoms with van der Waals surface area (Å²) in [7, 11) is 0. The molecule has 2 aromatic carbocycles. The van der Waals surface area contributed by atoms with Gasteiger partial charge in [-0.05, 0) is 36.2 Å². The molecule has 7 nitrogen and oxygen atoms in total. The number of carbonyl (C=O) groups is 2. The van der Waals surface area contributed by atoms with Gasteiger partial charge in [0.2, 0.25) is 5.91 Å². The number of amides is 2. The zero-order valence-corrected chi connectivity index (χ0v) is 23.7. The van der Waals surface area contributed by atoms with Crippen molar-refractivity contribution in [2.75, 3.05) is 37.6 Å². The van der Waals surface area contributed by atoms with Gasteiger partial charge in [-0.1, -0.05) is 38.1 Å². The predicted molar refractivity (Wildman–Crippen MR) is 153 cm³/mol. The first-order chi connectivity index (χ1) is 19.6. The van der Waals surface area contributed by atoms with Crippen molar-refractivity contribution in [3.63, 3.8) is 0 Å². The fourth-order valence-electron chi connectivity index (χ4n) is 6.36. The largest absolute Gasteiger partial charge is 0.333 e. The molecule has 4 heterocycles. The third-order valence-electron chi connectivity index (χ3n) is 8.59. The van der Waals surface area contributed by atoms with Crippen LogP contribution < -0.4 is 10.2 Å². The van der Waals surface area contributed by atoms with E-state index in [1.165, 1.54) is 12.1 Å². The minimum atomic E-state index is -0.620. The maximum atomic E-state index is 14.3. The molecule has 6 rings (SSSR count). The van der Waals surface area contributed by atoms with E-state index in [0.29, 0.717) is 44.0 Å². The number of anilines is 1. The topological polar surface area (TPSA) is 68.8 Å². The van der Waals surface area contributed by atoms with Gasteiger partial charge in [0, 0.05) is 85.7 Å². The summed E-state index contributed by atoms with van der Waals surface area (Å²) in [5.74, 6) is -1.21. The minimum absolute atomic E-state index is 0.00190. The summed E-state index contributed by atoms with van der Waals surface area (Å²) in [5.41, 5.74) is 4.24. The summed E-state index contributed by atoms with van der Waals surface area (Å²) in [4.78, 5) is 37.4. The number of rotatable bonds is 6. The summed E-state index contributed by atoms with van der Waals surface area (Å²) >= 11 is 0. The van der Waals surface area contributed by atoms with Gasteiger partial charge in [-0.3, -0.25) is 19.5 Å². The molecule has 1 fully saturated rings. The number of piperazine rings is 1. The van der Waals surface area contributed by atoms with Crippen LogP contribution >= 0.6 is 0 Å². The van der Waals surface area contributed by atoms with Gasteiger partial charge in [-0.25, -0.2) is 8.78 Å². The number of pyridine rings is 1. The van der Waals surface area contributed by atoms with Crippen LogP contribution in [0.15, 0.2) is 54.7 Å². The number of hydrogen-bond donors (Lipinski definition) is 1. The molecule has 2 atom stereocenters. The van der Waals surface area contributed by atoms with E-state index >= 15 is 0 Å². The predicted octanol–water partition coefficient (Wildman–Crippen LogP) is 3.89. The van der Waals surface area contributed by atoms with E-state index in [9.17, 15) is 18.4 Å². The molecule has 0 radical (unpaired) electrons. The average Bonchev–Trinajstić information content (AvgIpc) is 3.39. The van der Waals surface area contributed by atoms with Crippen molar-refractivity contribution in [2.24, 2.45) is 0 Å². The van der Waals surface area contributed by atoms with Crippen molar-refractivity contribution in [2.45, 2.75) is 51.2 Å². The standard InChI is InChI=1S/C32H35F2N5O2/c1-20-15-37(25(13-35-20)17-38-16-22-6-4-5-7-26(22)31(38)41)18-30(40)39-19-32(2,3)27-14-36-24(12-29(27)39)10-21-8-9-23(33)11-28(21)34/h4-9,11-12,14,20,25,35H,10,13,15-19H2,1-3H3/t20-,25-/m1/s1. The highest BCUT2D eigenvalue weighted by molar-refractivity contribution is 5.98. The van der Waals surface area contributed by atoms with Crippen LogP contribution in [0.25, 0.3) is 0 Å². The van der Waals surface area contributed by atoms with Crippen LogP contribution in [0, 0.1) is 11.6 Å². The number of benzene rings is 2. The fourth-order valence-corrected chi connectivity index (χ4v) is 6.36. The van der Waals surface area contributed by atoms with Crippen LogP contribution in [0.1, 0.15) is 53.5 Å². The van der Waals surface area contributed by atoms with Gasteiger partial charge < -0.3 is 15.1 Å². The molecule has 3 aliphatic rings. The normalized spacial score (nSPS) is 21.7. The van der Waals surface area contributed by atoms with E-state index in [4.69, 9.17) is 0 Å². The highest BCUT2D eigenvalue weighted by atomic mass is 19.1. The maximum absolute atomic E-state index is 14.3. The summed E-state index contributed by atoms with van der Waals surface area (Å²) in [6.07, 6.45) is 1.98. The Balaban J connectivity index is 1.20. The fraction of sp³-hybridized carbons (Fsp3) is 0.406. The molecule has 41 heavy (non-hydrogen) atoms. The van der Waals surface area contributed by atoms with Crippen molar-refractivity contribution in [3.05, 3.63) is 94.3 Å². The molecule has 0 spiro atoms. The Hall–Kier alpha value is -3.69. The molecular formula is C32H35F2N5O2. The second-order valence-electron chi connectivity index (χ2n) is 12.2. The smallest absolute Gasteiger partial charge is 0.254 e. The first-order valence-corrected chi connectivity index (χ1v) is 14.2. The van der Waals surface area contributed by atoms with Gasteiger partial charge in [-0.2, -0.15) is 0 Å². The van der Waals surface area contributed by atoms with Crippen LogP contribution in [-0.2, 0) is 23.2 Å². The maximum Gasteiger partial charge on any atom is 0.254 e. The van der Waals surface area contributed by atoms with Crippen molar-refractivity contribution in [3.8, 4) is 0 Å². The van der Waals surface area contributed by atoms with Crippen LogP contribution in [0.4, 0.5) is 14.5 Å². The molecule has 3 aliphatic heterocycles. The van der Waals surface area contributed by atoms with Crippen LogP contribution in [0.2, 0.25) is 0 Å². The Kier molecular flexibility index (Phi) is 7.11. The van der Waals surface area contributed by atoms with E-state index in [1.807, 2.05) is 40.1 Å². The second kappa shape index (κ2) is 10.6. The van der Waals surface area contributed by atoms with Crippen LogP contribution in [0.5, 0.6) is 0 Å². The monoisotopic (exact) mass is 559 g/mol. The number of hydrogen-bond acceptors (Lipinski definition) is 5. The Labute approximate surface area is 239 Å². The van der Waals surface area contributed by atoms with Crippen molar-refractivity contribution >= 4 is 17.5 Å². The van der Waals surface area contributed by atoms with Gasteiger partial charge in [0.05, 0.1) is 12.2 Å². The molecule has 0 bridgehead atoms. The Morgan fingerprint density at radius 3 is 2.73 bits per heavy atom. The van der Waals surface area contributed by atoms with Crippen LogP contribution in [-0.4, -0.2) is 71.4 Å². The van der Waals surface area contributed by atoms with Gasteiger partial charge in [0.15, 0.2) is 0 Å². The molecule has 1 saturated heterocycles. The molecular weight excluding hydrogens is 524 g/mol. The van der Waals surface area contributed by atoms with E-state index < -0.39 is 11.6 Å². The zero-order chi connectivity index (χ0) is 28.9. The van der Waals surface area contributed by atoms with E-state index in [-0.39, 0.29) is 42.3 Å². The number of halogens is 2. The minimum Gasteiger partial charge on any atom is -0.333 e. The molecule has 1 N–H and O–H groups in total. The lowest BCUT2D eigenvalue weighted by Crippen LogP contribution is -2.60. The van der Waals surface area contributed by atoms with Gasteiger partial charge in [0.1, 0.15) is 11.6 Å². The highest BCUT2D eigenvalue weighted by Crippen LogP contribution is 2.40. The molecule has 2 amide bonds. The first kappa shape index (κ1) is 27.5. The molecule has 214 valence electrons. The quantitative estimate of drug-likeness (QED) is 0.497. The summed E-state index contributed by atoms with van der Waals surface area (Å²) in [5, 5.41) is 3.52. The molecule has 9 heteroatoms. The highest BCUT2D eigenvalue weighted by Gasteiger charge is 2.40. The molecule has 0 unspecified atom stereocenters. The third kappa shape index (κ3) is 5.36. The number of fused-ring (bicyclic) bond motifs is 2. The molecule has 0 saturated carbocycles. The van der Waals surface area contributed by atoms with Crippen molar-refractivity contribution in [1.29, 1.82) is 0 Å². The van der Waals surface area contributed by atoms with Crippen LogP contribution in [0.3, 0.4) is 0 Å². The number of nitrogens with zero attached hydrogens (tertiary/aromatic N) is 4. The molecule has 0 aliphatic carbocycles. The van der Waals surface area contributed by atoms with Crippen molar-refractivity contribution < 1.29 is 18.4 Å². The van der Waals surface area contributed by atoms with Gasteiger partial charge >= 0.3 is 0 Å². The van der Waals surface area contributed by atoms with E-state index in [0.717, 1.165) is 28.4 Å². The first-order valence-electron chi connectivity index (χ1n) is 14.2. The number of nitrogens with one attached hydrogen (secondary N) is 1. The molecule has 3 aromatic rings. The summed E-state index contributed by atoms with van der Waals surface area (Å²) in [6, 6.07) is 13.3. The Bertz CT molecular complexity index is 1510. The SMILES string of the molecule is C[C@@H]1CN(CC(=O)N2CC(C)(C)c3cnc(Cc4ccc(F)cc4F)cc32)[C@@H](CN2Cc3ccccc3C2=O)CN1. The number of aromatic nitrogens is 1. The second-order valence-corrected chi connectivity index (χ2v) is 12.2. The third-order valence-corrected chi connectivity index (χ3v) is 8.59. The Morgan fingerprint density at radius 1 is 1.15 bits per heavy atom.